The molecular weight excluding hydrogens is 245 g/mol. The van der Waals surface area contributed by atoms with Gasteiger partial charge in [-0.2, -0.15) is 5.26 Å². The van der Waals surface area contributed by atoms with E-state index in [-0.39, 0.29) is 5.82 Å². The molecule has 0 unspecified atom stereocenters. The van der Waals surface area contributed by atoms with Crippen molar-refractivity contribution in [1.29, 1.82) is 5.26 Å². The molecule has 1 aromatic carbocycles. The number of nitrogens with zero attached hydrogens (tertiary/aromatic N) is 2. The summed E-state index contributed by atoms with van der Waals surface area (Å²) in [4.78, 5) is 2.97. The minimum Gasteiger partial charge on any atom is -0.711 e. The average Bonchev–Trinajstić information content (AvgIpc) is 2.84. The predicted molar refractivity (Wildman–Crippen MR) is 67.4 cm³/mol. The Morgan fingerprint density at radius 2 is 1.95 bits per heavy atom. The molecule has 0 saturated heterocycles. The Hall–Kier alpha value is -2.87. The molecule has 0 aliphatic rings. The minimum absolute atomic E-state index is 0.298. The summed E-state index contributed by atoms with van der Waals surface area (Å²) in [5, 5.41) is 21.2. The number of H-pyrrole nitrogens is 1. The summed E-state index contributed by atoms with van der Waals surface area (Å²) in [5.41, 5.74) is 2.15. The number of halogens is 1. The number of hydrogen-bond donors (Lipinski definition) is 1. The zero-order valence-corrected chi connectivity index (χ0v) is 9.72. The topological polar surface area (TPSA) is 66.5 Å². The molecule has 0 bridgehead atoms. The van der Waals surface area contributed by atoms with Gasteiger partial charge in [0.2, 0.25) is 0 Å². The number of pyridine rings is 1. The average molecular weight is 253 g/mol. The lowest BCUT2D eigenvalue weighted by Gasteiger charge is -2.01. The van der Waals surface area contributed by atoms with Crippen LogP contribution in [0.4, 0.5) is 4.39 Å². The van der Waals surface area contributed by atoms with E-state index in [4.69, 9.17) is 5.26 Å². The second kappa shape index (κ2) is 4.10. The Morgan fingerprint density at radius 1 is 1.21 bits per heavy atom. The highest BCUT2D eigenvalue weighted by Crippen LogP contribution is 2.23. The number of nitrogens with one attached hydrogen (secondary N) is 1. The van der Waals surface area contributed by atoms with E-state index in [2.05, 4.69) is 4.98 Å². The van der Waals surface area contributed by atoms with Gasteiger partial charge in [-0.05, 0) is 30.3 Å². The van der Waals surface area contributed by atoms with Crippen LogP contribution >= 0.6 is 0 Å². The second-order valence-corrected chi connectivity index (χ2v) is 4.16. The van der Waals surface area contributed by atoms with Crippen LogP contribution in [0.25, 0.3) is 22.3 Å². The zero-order chi connectivity index (χ0) is 13.4. The van der Waals surface area contributed by atoms with Crippen molar-refractivity contribution in [2.45, 2.75) is 0 Å². The van der Waals surface area contributed by atoms with Crippen molar-refractivity contribution in [3.05, 3.63) is 59.2 Å². The maximum atomic E-state index is 12.9. The molecular formula is C14H8FN3O. The Bertz CT molecular complexity index is 800. The zero-order valence-electron chi connectivity index (χ0n) is 9.72. The Morgan fingerprint density at radius 3 is 2.63 bits per heavy atom. The lowest BCUT2D eigenvalue weighted by molar-refractivity contribution is -0.579. The third-order valence-electron chi connectivity index (χ3n) is 2.90. The normalized spacial score (nSPS) is 10.5. The van der Waals surface area contributed by atoms with Gasteiger partial charge in [0.1, 0.15) is 23.8 Å². The molecule has 4 nitrogen and oxygen atoms in total. The van der Waals surface area contributed by atoms with Crippen molar-refractivity contribution in [3.8, 4) is 17.3 Å². The number of nitriles is 1. The Labute approximate surface area is 107 Å². The third kappa shape index (κ3) is 1.89. The van der Waals surface area contributed by atoms with E-state index in [1.54, 1.807) is 24.3 Å². The molecule has 0 radical (unpaired) electrons. The first kappa shape index (κ1) is 11.2. The standard InChI is InChI=1S/C14H8FN3O/c15-12-3-1-10(2-4-12)13-6-11-5-9(7-16)8-18(19)14(11)17-13/h1-6,8,17H. The van der Waals surface area contributed by atoms with Crippen LogP contribution in [0.15, 0.2) is 42.6 Å². The smallest absolute Gasteiger partial charge is 0.290 e. The van der Waals surface area contributed by atoms with E-state index in [1.165, 1.54) is 18.3 Å². The van der Waals surface area contributed by atoms with Gasteiger partial charge in [0.15, 0.2) is 0 Å². The molecule has 0 amide bonds. The summed E-state index contributed by atoms with van der Waals surface area (Å²) in [5.74, 6) is -0.314. The van der Waals surface area contributed by atoms with Crippen molar-refractivity contribution in [2.75, 3.05) is 0 Å². The molecule has 1 N–H and O–H groups in total. The van der Waals surface area contributed by atoms with Gasteiger partial charge in [-0.25, -0.2) is 14.1 Å². The molecule has 0 aliphatic heterocycles. The molecule has 0 atom stereocenters. The summed E-state index contributed by atoms with van der Waals surface area (Å²) in [6, 6.07) is 11.3. The van der Waals surface area contributed by atoms with Crippen molar-refractivity contribution >= 4 is 11.0 Å². The number of aromatic amines is 1. The lowest BCUT2D eigenvalue weighted by Crippen LogP contribution is -2.27. The van der Waals surface area contributed by atoms with Gasteiger partial charge in [-0.3, -0.25) is 0 Å². The molecule has 0 saturated carbocycles. The molecule has 92 valence electrons. The van der Waals surface area contributed by atoms with Crippen molar-refractivity contribution in [2.24, 2.45) is 0 Å². The summed E-state index contributed by atoms with van der Waals surface area (Å²) in [6.45, 7) is 0. The number of aromatic nitrogens is 2. The van der Waals surface area contributed by atoms with Gasteiger partial charge in [-0.15, -0.1) is 0 Å². The maximum absolute atomic E-state index is 12.9. The maximum Gasteiger partial charge on any atom is 0.290 e. The first-order valence-corrected chi connectivity index (χ1v) is 5.59. The fourth-order valence-corrected chi connectivity index (χ4v) is 1.99. The largest absolute Gasteiger partial charge is 0.711 e. The molecule has 2 heterocycles. The summed E-state index contributed by atoms with van der Waals surface area (Å²) in [7, 11) is 0. The molecule has 0 fully saturated rings. The van der Waals surface area contributed by atoms with Crippen molar-refractivity contribution in [1.82, 2.24) is 4.98 Å². The van der Waals surface area contributed by atoms with E-state index in [0.29, 0.717) is 27.0 Å². The van der Waals surface area contributed by atoms with Crippen LogP contribution in [-0.2, 0) is 0 Å². The minimum atomic E-state index is -0.314. The molecule has 5 heteroatoms. The van der Waals surface area contributed by atoms with Gasteiger partial charge < -0.3 is 5.21 Å². The highest BCUT2D eigenvalue weighted by molar-refractivity contribution is 5.81. The Kier molecular flexibility index (Phi) is 2.43. The van der Waals surface area contributed by atoms with Crippen LogP contribution in [-0.4, -0.2) is 4.98 Å². The molecule has 2 aromatic heterocycles. The lowest BCUT2D eigenvalue weighted by atomic mass is 10.1. The van der Waals surface area contributed by atoms with Crippen LogP contribution in [0, 0.1) is 22.4 Å². The van der Waals surface area contributed by atoms with E-state index < -0.39 is 0 Å². The molecule has 0 spiro atoms. The fraction of sp³-hybridized carbons (Fsp3) is 0. The summed E-state index contributed by atoms with van der Waals surface area (Å²) >= 11 is 0. The first-order valence-electron chi connectivity index (χ1n) is 5.59. The number of benzene rings is 1. The van der Waals surface area contributed by atoms with Gasteiger partial charge in [-0.1, -0.05) is 0 Å². The van der Waals surface area contributed by atoms with Gasteiger partial charge in [0, 0.05) is 11.6 Å². The van der Waals surface area contributed by atoms with E-state index in [9.17, 15) is 9.60 Å². The summed E-state index contributed by atoms with van der Waals surface area (Å²) in [6.07, 6.45) is 1.22. The van der Waals surface area contributed by atoms with Crippen molar-refractivity contribution < 1.29 is 9.12 Å². The van der Waals surface area contributed by atoms with Gasteiger partial charge in [0.05, 0.1) is 10.9 Å². The SMILES string of the molecule is N#Cc1cc2cc(-c3ccc(F)cc3)[nH]c2[n+]([O-])c1. The van der Waals surface area contributed by atoms with Crippen LogP contribution in [0.1, 0.15) is 5.56 Å². The number of rotatable bonds is 1. The second-order valence-electron chi connectivity index (χ2n) is 4.16. The highest BCUT2D eigenvalue weighted by atomic mass is 19.1. The van der Waals surface area contributed by atoms with Crippen LogP contribution in [0.3, 0.4) is 0 Å². The number of hydrogen-bond acceptors (Lipinski definition) is 2. The fourth-order valence-electron chi connectivity index (χ4n) is 1.99. The van der Waals surface area contributed by atoms with E-state index >= 15 is 0 Å². The molecule has 0 aliphatic carbocycles. The summed E-state index contributed by atoms with van der Waals surface area (Å²) < 4.78 is 13.5. The van der Waals surface area contributed by atoms with Crippen molar-refractivity contribution in [3.63, 3.8) is 0 Å². The third-order valence-corrected chi connectivity index (χ3v) is 2.90. The molecule has 3 rings (SSSR count). The van der Waals surface area contributed by atoms with E-state index in [0.717, 1.165) is 5.56 Å². The molecule has 3 aromatic rings. The monoisotopic (exact) mass is 253 g/mol. The predicted octanol–water partition coefficient (Wildman–Crippen LogP) is 2.48. The van der Waals surface area contributed by atoms with Gasteiger partial charge >= 0.3 is 0 Å². The van der Waals surface area contributed by atoms with Crippen LogP contribution in [0.5, 0.6) is 0 Å². The highest BCUT2D eigenvalue weighted by Gasteiger charge is 2.12. The van der Waals surface area contributed by atoms with Crippen LogP contribution < -0.4 is 4.73 Å². The first-order chi connectivity index (χ1) is 9.17. The van der Waals surface area contributed by atoms with E-state index in [1.807, 2.05) is 6.07 Å². The number of fused-ring (bicyclic) bond motifs is 1. The quantitative estimate of drug-likeness (QED) is 0.534. The molecule has 19 heavy (non-hydrogen) atoms. The Balaban J connectivity index is 2.19. The van der Waals surface area contributed by atoms with Gasteiger partial charge in [0.25, 0.3) is 5.65 Å². The van der Waals surface area contributed by atoms with Crippen LogP contribution in [0.2, 0.25) is 0 Å².